The Morgan fingerprint density at radius 1 is 1.24 bits per heavy atom. The summed E-state index contributed by atoms with van der Waals surface area (Å²) in [6, 6.07) is 7.72. The summed E-state index contributed by atoms with van der Waals surface area (Å²) in [5, 5.41) is 4.10. The van der Waals surface area contributed by atoms with Gasteiger partial charge in [0, 0.05) is 11.3 Å². The monoisotopic (exact) mass is 327 g/mol. The number of para-hydroxylation sites is 1. The third kappa shape index (κ3) is 4.16. The van der Waals surface area contributed by atoms with E-state index in [9.17, 15) is 8.42 Å². The Labute approximate surface area is 132 Å². The van der Waals surface area contributed by atoms with Crippen molar-refractivity contribution in [1.82, 2.24) is 0 Å². The van der Waals surface area contributed by atoms with Gasteiger partial charge in [-0.3, -0.25) is 0 Å². The van der Waals surface area contributed by atoms with Crippen molar-refractivity contribution in [3.63, 3.8) is 0 Å². The van der Waals surface area contributed by atoms with Crippen molar-refractivity contribution in [2.24, 2.45) is 0 Å². The van der Waals surface area contributed by atoms with Gasteiger partial charge < -0.3 is 5.32 Å². The fourth-order valence-corrected chi connectivity index (χ4v) is 5.64. The summed E-state index contributed by atoms with van der Waals surface area (Å²) in [5.74, 6) is 1.32. The van der Waals surface area contributed by atoms with Gasteiger partial charge >= 0.3 is 0 Å². The summed E-state index contributed by atoms with van der Waals surface area (Å²) in [4.78, 5) is 0.457. The van der Waals surface area contributed by atoms with Crippen LogP contribution in [-0.4, -0.2) is 31.2 Å². The van der Waals surface area contributed by atoms with E-state index in [-0.39, 0.29) is 5.75 Å². The molecule has 2 unspecified atom stereocenters. The zero-order valence-corrected chi connectivity index (χ0v) is 14.5. The highest BCUT2D eigenvalue weighted by atomic mass is 32.2. The lowest BCUT2D eigenvalue weighted by Crippen LogP contribution is -2.27. The molecule has 1 aliphatic rings. The van der Waals surface area contributed by atoms with Crippen LogP contribution in [0, 0.1) is 0 Å². The van der Waals surface area contributed by atoms with Crippen LogP contribution >= 0.6 is 11.8 Å². The quantitative estimate of drug-likeness (QED) is 0.823. The molecule has 21 heavy (non-hydrogen) atoms. The minimum absolute atomic E-state index is 0.212. The Bertz CT molecular complexity index is 557. The second-order valence-corrected chi connectivity index (χ2v) is 9.08. The van der Waals surface area contributed by atoms with Crippen molar-refractivity contribution in [2.75, 3.05) is 16.8 Å². The Kier molecular flexibility index (Phi) is 5.99. The van der Waals surface area contributed by atoms with E-state index in [1.165, 1.54) is 12.8 Å². The molecule has 0 heterocycles. The highest BCUT2D eigenvalue weighted by Gasteiger charge is 2.28. The molecule has 1 aromatic carbocycles. The number of rotatable bonds is 7. The van der Waals surface area contributed by atoms with E-state index in [0.717, 1.165) is 17.9 Å². The summed E-state index contributed by atoms with van der Waals surface area (Å²) >= 11 is 1.98. The molecule has 5 heteroatoms. The number of sulfone groups is 1. The first-order valence-electron chi connectivity index (χ1n) is 7.78. The Morgan fingerprint density at radius 2 is 2.00 bits per heavy atom. The van der Waals surface area contributed by atoms with Crippen LogP contribution in [0.5, 0.6) is 0 Å². The van der Waals surface area contributed by atoms with Crippen LogP contribution in [0.3, 0.4) is 0 Å². The molecule has 0 spiro atoms. The predicted octanol–water partition coefficient (Wildman–Crippen LogP) is 3.96. The Morgan fingerprint density at radius 3 is 2.71 bits per heavy atom. The Hall–Kier alpha value is -0.680. The van der Waals surface area contributed by atoms with E-state index < -0.39 is 9.84 Å². The topological polar surface area (TPSA) is 46.2 Å². The summed E-state index contributed by atoms with van der Waals surface area (Å²) in [6.45, 7) is 4.08. The maximum Gasteiger partial charge on any atom is 0.180 e. The maximum atomic E-state index is 12.4. The smallest absolute Gasteiger partial charge is 0.180 e. The van der Waals surface area contributed by atoms with Gasteiger partial charge in [0.25, 0.3) is 0 Å². The van der Waals surface area contributed by atoms with E-state index >= 15 is 0 Å². The van der Waals surface area contributed by atoms with Crippen LogP contribution in [0.15, 0.2) is 29.2 Å². The van der Waals surface area contributed by atoms with Gasteiger partial charge in [-0.15, -0.1) is 0 Å². The third-order valence-corrected chi connectivity index (χ3v) is 7.17. The first kappa shape index (κ1) is 16.7. The molecule has 1 saturated carbocycles. The predicted molar refractivity (Wildman–Crippen MR) is 92.0 cm³/mol. The van der Waals surface area contributed by atoms with Crippen LogP contribution in [0.25, 0.3) is 0 Å². The SMILES string of the molecule is CCCS(=O)(=O)c1ccccc1NC1CCCC1SCC. The molecule has 0 aromatic heterocycles. The average Bonchev–Trinajstić information content (AvgIpc) is 2.87. The van der Waals surface area contributed by atoms with Crippen molar-refractivity contribution in [3.05, 3.63) is 24.3 Å². The summed E-state index contributed by atoms with van der Waals surface area (Å²) in [5.41, 5.74) is 0.777. The molecule has 2 rings (SSSR count). The highest BCUT2D eigenvalue weighted by Crippen LogP contribution is 2.33. The number of anilines is 1. The zero-order chi connectivity index (χ0) is 15.3. The number of nitrogens with one attached hydrogen (secondary N) is 1. The van der Waals surface area contributed by atoms with Crippen molar-refractivity contribution >= 4 is 27.3 Å². The molecule has 0 radical (unpaired) electrons. The molecule has 0 bridgehead atoms. The summed E-state index contributed by atoms with van der Waals surface area (Å²) in [7, 11) is -3.18. The lowest BCUT2D eigenvalue weighted by atomic mass is 10.2. The van der Waals surface area contributed by atoms with Gasteiger partial charge in [-0.05, 0) is 37.1 Å². The van der Waals surface area contributed by atoms with Crippen molar-refractivity contribution in [2.45, 2.75) is 55.7 Å². The first-order chi connectivity index (χ1) is 10.1. The van der Waals surface area contributed by atoms with Crippen LogP contribution < -0.4 is 5.32 Å². The fourth-order valence-electron chi connectivity index (χ4n) is 2.94. The summed E-state index contributed by atoms with van der Waals surface area (Å²) in [6.07, 6.45) is 4.22. The van der Waals surface area contributed by atoms with Gasteiger partial charge in [0.15, 0.2) is 9.84 Å². The molecule has 0 amide bonds. The fraction of sp³-hybridized carbons (Fsp3) is 0.625. The first-order valence-corrected chi connectivity index (χ1v) is 10.5. The van der Waals surface area contributed by atoms with Crippen LogP contribution in [-0.2, 0) is 9.84 Å². The lowest BCUT2D eigenvalue weighted by molar-refractivity contribution is 0.594. The van der Waals surface area contributed by atoms with Crippen molar-refractivity contribution < 1.29 is 8.42 Å². The standard InChI is InChI=1S/C16H25NO2S2/c1-3-12-21(18,19)16-11-6-5-8-14(16)17-13-9-7-10-15(13)20-4-2/h5-6,8,11,13,15,17H,3-4,7,9-10,12H2,1-2H3. The van der Waals surface area contributed by atoms with Gasteiger partial charge in [0.1, 0.15) is 0 Å². The van der Waals surface area contributed by atoms with Crippen LogP contribution in [0.4, 0.5) is 5.69 Å². The molecule has 1 aromatic rings. The lowest BCUT2D eigenvalue weighted by Gasteiger charge is -2.23. The molecule has 2 atom stereocenters. The largest absolute Gasteiger partial charge is 0.380 e. The second-order valence-electron chi connectivity index (χ2n) is 5.49. The van der Waals surface area contributed by atoms with E-state index in [1.807, 2.05) is 30.8 Å². The number of benzene rings is 1. The van der Waals surface area contributed by atoms with E-state index in [1.54, 1.807) is 12.1 Å². The van der Waals surface area contributed by atoms with Gasteiger partial charge in [-0.2, -0.15) is 11.8 Å². The van der Waals surface area contributed by atoms with Crippen LogP contribution in [0.2, 0.25) is 0 Å². The molecule has 0 aliphatic heterocycles. The maximum absolute atomic E-state index is 12.4. The van der Waals surface area contributed by atoms with Gasteiger partial charge in [0.2, 0.25) is 0 Å². The molecule has 118 valence electrons. The van der Waals surface area contributed by atoms with Crippen LogP contribution in [0.1, 0.15) is 39.5 Å². The van der Waals surface area contributed by atoms with Crippen molar-refractivity contribution in [1.29, 1.82) is 0 Å². The summed E-state index contributed by atoms with van der Waals surface area (Å²) < 4.78 is 24.8. The molecular weight excluding hydrogens is 302 g/mol. The van der Waals surface area contributed by atoms with Gasteiger partial charge in [-0.25, -0.2) is 8.42 Å². The zero-order valence-electron chi connectivity index (χ0n) is 12.8. The van der Waals surface area contributed by atoms with Crippen molar-refractivity contribution in [3.8, 4) is 0 Å². The molecule has 1 aliphatic carbocycles. The molecular formula is C16H25NO2S2. The number of thioether (sulfide) groups is 1. The molecule has 1 N–H and O–H groups in total. The molecule has 0 saturated heterocycles. The van der Waals surface area contributed by atoms with E-state index in [0.29, 0.717) is 22.6 Å². The van der Waals surface area contributed by atoms with E-state index in [2.05, 4.69) is 12.2 Å². The number of hydrogen-bond donors (Lipinski definition) is 1. The average molecular weight is 328 g/mol. The Balaban J connectivity index is 2.21. The third-order valence-electron chi connectivity index (χ3n) is 3.87. The minimum Gasteiger partial charge on any atom is -0.380 e. The second kappa shape index (κ2) is 7.54. The van der Waals surface area contributed by atoms with Gasteiger partial charge in [-0.1, -0.05) is 32.4 Å². The minimum atomic E-state index is -3.18. The van der Waals surface area contributed by atoms with Gasteiger partial charge in [0.05, 0.1) is 16.3 Å². The molecule has 3 nitrogen and oxygen atoms in total. The molecule has 1 fully saturated rings. The van der Waals surface area contributed by atoms with E-state index in [4.69, 9.17) is 0 Å². The number of hydrogen-bond acceptors (Lipinski definition) is 4. The normalized spacial score (nSPS) is 22.4. The highest BCUT2D eigenvalue weighted by molar-refractivity contribution is 7.99.